The maximum absolute atomic E-state index is 10.2. The lowest BCUT2D eigenvalue weighted by atomic mass is 10.0. The molecule has 114 valence electrons. The Kier molecular flexibility index (Phi) is 12.7. The second-order valence-corrected chi connectivity index (χ2v) is 3.39. The molecule has 1 heterocycles. The summed E-state index contributed by atoms with van der Waals surface area (Å²) in [4.78, 5) is 19.0. The zero-order valence-electron chi connectivity index (χ0n) is 9.93. The average Bonchev–Trinajstić information content (AvgIpc) is 2.30. The van der Waals surface area contributed by atoms with Gasteiger partial charge in [0.15, 0.2) is 0 Å². The van der Waals surface area contributed by atoms with E-state index in [1.807, 2.05) is 0 Å². The van der Waals surface area contributed by atoms with Crippen molar-refractivity contribution in [1.82, 2.24) is 0 Å². The number of rotatable bonds is 5. The Morgan fingerprint density at radius 2 is 1.95 bits per heavy atom. The molecule has 0 aromatic carbocycles. The van der Waals surface area contributed by atoms with E-state index in [2.05, 4.69) is 14.2 Å². The molecule has 0 amide bonds. The van der Waals surface area contributed by atoms with Crippen molar-refractivity contribution in [2.75, 3.05) is 33.7 Å². The second kappa shape index (κ2) is 11.9. The fourth-order valence-electron chi connectivity index (χ4n) is 1.22. The van der Waals surface area contributed by atoms with Crippen LogP contribution in [0.3, 0.4) is 0 Å². The second-order valence-electron chi connectivity index (χ2n) is 3.39. The summed E-state index contributed by atoms with van der Waals surface area (Å²) in [6, 6.07) is -1.30. The summed E-state index contributed by atoms with van der Waals surface area (Å²) in [5, 5.41) is 28.2. The first-order valence-corrected chi connectivity index (χ1v) is 5.12. The Labute approximate surface area is 111 Å². The summed E-state index contributed by atoms with van der Waals surface area (Å²) in [6.07, 6.45) is -1.72. The molecule has 9 heteroatoms. The van der Waals surface area contributed by atoms with E-state index in [-0.39, 0.29) is 34.0 Å². The van der Waals surface area contributed by atoms with Crippen molar-refractivity contribution in [3.63, 3.8) is 0 Å². The van der Waals surface area contributed by atoms with Gasteiger partial charge in [0.05, 0.1) is 13.2 Å². The van der Waals surface area contributed by atoms with Gasteiger partial charge in [-0.1, -0.05) is 7.43 Å². The number of carbonyl (C=O) groups excluding carboxylic acids is 1. The van der Waals surface area contributed by atoms with Gasteiger partial charge in [-0.3, -0.25) is 10.1 Å². The fraction of sp³-hybridized carbons (Fsp3) is 0.900. The number of nitrogens with zero attached hydrogens (tertiary/aromatic N) is 1. The Morgan fingerprint density at radius 1 is 1.42 bits per heavy atom. The Bertz CT molecular complexity index is 240. The molecule has 0 aromatic rings. The highest BCUT2D eigenvalue weighted by molar-refractivity contribution is 5.50. The Balaban J connectivity index is 0. The highest BCUT2D eigenvalue weighted by Gasteiger charge is 2.40. The number of aliphatic hydroxyl groups excluding tert-OH is 2. The number of methoxy groups -OCH3 is 1. The van der Waals surface area contributed by atoms with Crippen LogP contribution < -0.4 is 0 Å². The molecule has 3 atom stereocenters. The molecule has 1 aliphatic heterocycles. The molecule has 0 aromatic heterocycles. The van der Waals surface area contributed by atoms with Gasteiger partial charge in [-0.15, -0.1) is 0 Å². The van der Waals surface area contributed by atoms with Gasteiger partial charge in [0.2, 0.25) is 0 Å². The average molecular weight is 283 g/mol. The molecule has 0 aliphatic carbocycles. The number of nitro groups is 1. The van der Waals surface area contributed by atoms with Crippen molar-refractivity contribution in [3.05, 3.63) is 10.1 Å². The maximum atomic E-state index is 10.2. The quantitative estimate of drug-likeness (QED) is 0.212. The predicted octanol–water partition coefficient (Wildman–Crippen LogP) is -1.17. The standard InChI is InChI=1S/C5H9NO5.C4H8O3.CH4/c7-3-1-11-2-4(8)5(3)6(9)10;1-6-4-7-3-2-5;/h3-5,7-8H,1-2H2;2H,3-4H2,1H3;1H4/t3-,4+,5?;;. The van der Waals surface area contributed by atoms with Crippen LogP contribution in [0.5, 0.6) is 0 Å². The van der Waals surface area contributed by atoms with Gasteiger partial charge in [-0.25, -0.2) is 0 Å². The number of aliphatic hydroxyl groups is 2. The molecule has 0 spiro atoms. The third-order valence-corrected chi connectivity index (χ3v) is 2.00. The third kappa shape index (κ3) is 8.56. The van der Waals surface area contributed by atoms with E-state index in [9.17, 15) is 14.9 Å². The topological polar surface area (TPSA) is 128 Å². The van der Waals surface area contributed by atoms with Crippen molar-refractivity contribution < 1.29 is 34.1 Å². The summed E-state index contributed by atoms with van der Waals surface area (Å²) in [6.45, 7) is 0.151. The van der Waals surface area contributed by atoms with Crippen molar-refractivity contribution >= 4 is 6.29 Å². The molecule has 1 aliphatic rings. The molecule has 1 saturated heterocycles. The zero-order chi connectivity index (χ0) is 14.0. The summed E-state index contributed by atoms with van der Waals surface area (Å²) < 4.78 is 13.7. The van der Waals surface area contributed by atoms with Gasteiger partial charge < -0.3 is 29.2 Å². The van der Waals surface area contributed by atoms with Crippen LogP contribution in [0.2, 0.25) is 0 Å². The van der Waals surface area contributed by atoms with E-state index in [1.165, 1.54) is 7.11 Å². The molecular weight excluding hydrogens is 262 g/mol. The molecule has 1 unspecified atom stereocenters. The van der Waals surface area contributed by atoms with Crippen LogP contribution in [0, 0.1) is 10.1 Å². The van der Waals surface area contributed by atoms with E-state index in [0.29, 0.717) is 6.29 Å². The number of carbonyl (C=O) groups is 1. The highest BCUT2D eigenvalue weighted by atomic mass is 16.7. The summed E-state index contributed by atoms with van der Waals surface area (Å²) in [5.41, 5.74) is 0. The lowest BCUT2D eigenvalue weighted by Gasteiger charge is -2.25. The van der Waals surface area contributed by atoms with Crippen molar-refractivity contribution in [2.24, 2.45) is 0 Å². The summed E-state index contributed by atoms with van der Waals surface area (Å²) in [5.74, 6) is 0. The van der Waals surface area contributed by atoms with Crippen LogP contribution in [0.25, 0.3) is 0 Å². The Morgan fingerprint density at radius 3 is 2.26 bits per heavy atom. The normalized spacial score (nSPS) is 25.5. The molecule has 2 N–H and O–H groups in total. The first-order valence-electron chi connectivity index (χ1n) is 5.12. The van der Waals surface area contributed by atoms with Gasteiger partial charge >= 0.3 is 0 Å². The van der Waals surface area contributed by atoms with E-state index >= 15 is 0 Å². The van der Waals surface area contributed by atoms with Crippen LogP contribution in [0.4, 0.5) is 0 Å². The minimum absolute atomic E-state index is 0. The van der Waals surface area contributed by atoms with Crippen LogP contribution >= 0.6 is 0 Å². The van der Waals surface area contributed by atoms with Crippen LogP contribution in [-0.2, 0) is 19.0 Å². The van der Waals surface area contributed by atoms with E-state index in [0.717, 1.165) is 0 Å². The molecule has 19 heavy (non-hydrogen) atoms. The van der Waals surface area contributed by atoms with Gasteiger partial charge in [0.1, 0.15) is 31.9 Å². The predicted molar refractivity (Wildman–Crippen MR) is 64.2 cm³/mol. The zero-order valence-corrected chi connectivity index (χ0v) is 9.93. The Hall–Kier alpha value is -1.13. The molecule has 1 fully saturated rings. The van der Waals surface area contributed by atoms with Gasteiger partial charge in [0.25, 0.3) is 6.04 Å². The number of hydrogen-bond acceptors (Lipinski definition) is 8. The lowest BCUT2D eigenvalue weighted by Crippen LogP contribution is -2.51. The van der Waals surface area contributed by atoms with Crippen molar-refractivity contribution in [1.29, 1.82) is 0 Å². The summed E-state index contributed by atoms with van der Waals surface area (Å²) >= 11 is 0. The number of aldehydes is 1. The van der Waals surface area contributed by atoms with Crippen LogP contribution in [0.1, 0.15) is 7.43 Å². The molecule has 1 rings (SSSR count). The van der Waals surface area contributed by atoms with E-state index in [1.54, 1.807) is 0 Å². The van der Waals surface area contributed by atoms with Crippen molar-refractivity contribution in [3.8, 4) is 0 Å². The third-order valence-electron chi connectivity index (χ3n) is 2.00. The largest absolute Gasteiger partial charge is 0.383 e. The minimum Gasteiger partial charge on any atom is -0.383 e. The number of ether oxygens (including phenoxy) is 3. The van der Waals surface area contributed by atoms with Crippen LogP contribution in [0.15, 0.2) is 0 Å². The molecule has 0 saturated carbocycles. The smallest absolute Gasteiger partial charge is 0.268 e. The van der Waals surface area contributed by atoms with Crippen LogP contribution in [-0.4, -0.2) is 73.4 Å². The van der Waals surface area contributed by atoms with Gasteiger partial charge in [-0.2, -0.15) is 0 Å². The first kappa shape index (κ1) is 20.2. The minimum atomic E-state index is -1.30. The molecule has 9 nitrogen and oxygen atoms in total. The SMILES string of the molecule is C.COCOCC=O.O=[N+]([O-])C1[C@H](O)COC[C@@H]1O. The van der Waals surface area contributed by atoms with E-state index < -0.39 is 23.2 Å². The van der Waals surface area contributed by atoms with Gasteiger partial charge in [-0.05, 0) is 0 Å². The fourth-order valence-corrected chi connectivity index (χ4v) is 1.22. The summed E-state index contributed by atoms with van der Waals surface area (Å²) in [7, 11) is 1.50. The van der Waals surface area contributed by atoms with Gasteiger partial charge in [0, 0.05) is 12.0 Å². The lowest BCUT2D eigenvalue weighted by molar-refractivity contribution is -0.552. The monoisotopic (exact) mass is 283 g/mol. The molecular formula is C10H21NO8. The molecule has 0 bridgehead atoms. The van der Waals surface area contributed by atoms with E-state index in [4.69, 9.17) is 10.2 Å². The maximum Gasteiger partial charge on any atom is 0.268 e. The number of hydrogen-bond donors (Lipinski definition) is 2. The molecule has 0 radical (unpaired) electrons. The first-order chi connectivity index (χ1) is 8.54. The van der Waals surface area contributed by atoms with Crippen molar-refractivity contribution in [2.45, 2.75) is 25.7 Å². The highest BCUT2D eigenvalue weighted by Crippen LogP contribution is 2.11.